The van der Waals surface area contributed by atoms with E-state index in [9.17, 15) is 4.79 Å². The van der Waals surface area contributed by atoms with Crippen LogP contribution in [0.3, 0.4) is 0 Å². The molecular weight excluding hydrogens is 241 g/mol. The Kier molecular flexibility index (Phi) is 3.63. The van der Waals surface area contributed by atoms with E-state index in [0.717, 1.165) is 18.4 Å². The molecule has 1 radical (unpaired) electrons. The summed E-state index contributed by atoms with van der Waals surface area (Å²) in [5.41, 5.74) is 2.20. The van der Waals surface area contributed by atoms with Crippen molar-refractivity contribution >= 4 is 5.97 Å². The Morgan fingerprint density at radius 1 is 1.38 bits per heavy atom. The van der Waals surface area contributed by atoms with Crippen LogP contribution in [0.4, 0.5) is 0 Å². The summed E-state index contributed by atoms with van der Waals surface area (Å²) in [5.74, 6) is -0.957. The van der Waals surface area contributed by atoms with E-state index < -0.39 is 5.97 Å². The Bertz CT molecular complexity index is 322. The molecule has 0 heterocycles. The fraction of sp³-hybridized carbons (Fsp3) is 0.300. The van der Waals surface area contributed by atoms with E-state index in [1.54, 1.807) is 0 Å². The van der Waals surface area contributed by atoms with E-state index in [4.69, 9.17) is 5.11 Å². The van der Waals surface area contributed by atoms with Gasteiger partial charge in [0.05, 0.1) is 5.92 Å². The standard InChI is InChI=1S/C10H10O2.Y/c11-10(12)9-6-5-7-3-1-2-4-8(7)9;/h1-4,9H,5-6H2,(H,11,12);. The van der Waals surface area contributed by atoms with Crippen molar-refractivity contribution in [2.45, 2.75) is 18.8 Å². The molecule has 13 heavy (non-hydrogen) atoms. The molecule has 1 aliphatic rings. The number of aliphatic carboxylic acids is 1. The summed E-state index contributed by atoms with van der Waals surface area (Å²) in [6.45, 7) is 0. The van der Waals surface area contributed by atoms with Crippen LogP contribution in [0.15, 0.2) is 24.3 Å². The number of carboxylic acid groups (broad SMARTS) is 1. The molecule has 0 bridgehead atoms. The SMILES string of the molecule is O=C(O)C1CCc2ccccc21.[Y]. The molecule has 0 spiro atoms. The molecule has 1 N–H and O–H groups in total. The van der Waals surface area contributed by atoms with Crippen LogP contribution < -0.4 is 0 Å². The zero-order valence-corrected chi connectivity index (χ0v) is 10.1. The van der Waals surface area contributed by atoms with Crippen LogP contribution in [-0.4, -0.2) is 11.1 Å². The first kappa shape index (κ1) is 10.9. The van der Waals surface area contributed by atoms with Crippen molar-refractivity contribution < 1.29 is 42.6 Å². The average Bonchev–Trinajstić information content (AvgIpc) is 2.47. The molecule has 0 amide bonds. The van der Waals surface area contributed by atoms with Gasteiger partial charge in [-0.25, -0.2) is 0 Å². The summed E-state index contributed by atoms with van der Waals surface area (Å²) in [4.78, 5) is 10.8. The van der Waals surface area contributed by atoms with Gasteiger partial charge in [0, 0.05) is 32.7 Å². The molecule has 2 rings (SSSR count). The first-order valence-electron chi connectivity index (χ1n) is 4.09. The number of hydrogen-bond acceptors (Lipinski definition) is 1. The largest absolute Gasteiger partial charge is 0.481 e. The van der Waals surface area contributed by atoms with Crippen molar-refractivity contribution in [1.82, 2.24) is 0 Å². The number of fused-ring (bicyclic) bond motifs is 1. The zero-order valence-electron chi connectivity index (χ0n) is 7.23. The molecule has 1 aliphatic carbocycles. The third-order valence-corrected chi connectivity index (χ3v) is 2.43. The molecule has 0 aromatic heterocycles. The first-order chi connectivity index (χ1) is 5.79. The molecule has 1 unspecified atom stereocenters. The molecule has 1 aromatic carbocycles. The number of carboxylic acids is 1. The van der Waals surface area contributed by atoms with Gasteiger partial charge in [-0.15, -0.1) is 0 Å². The number of rotatable bonds is 1. The van der Waals surface area contributed by atoms with E-state index in [1.807, 2.05) is 24.3 Å². The van der Waals surface area contributed by atoms with Gasteiger partial charge >= 0.3 is 5.97 Å². The predicted octanol–water partition coefficient (Wildman–Crippen LogP) is 1.80. The third-order valence-electron chi connectivity index (χ3n) is 2.43. The molecule has 3 heteroatoms. The smallest absolute Gasteiger partial charge is 0.310 e. The maximum absolute atomic E-state index is 10.8. The van der Waals surface area contributed by atoms with Crippen LogP contribution in [0.5, 0.6) is 0 Å². The van der Waals surface area contributed by atoms with Crippen molar-refractivity contribution in [1.29, 1.82) is 0 Å². The van der Waals surface area contributed by atoms with E-state index in [0.29, 0.717) is 0 Å². The van der Waals surface area contributed by atoms with Gasteiger partial charge < -0.3 is 5.11 Å². The second-order valence-electron chi connectivity index (χ2n) is 3.13. The Balaban J connectivity index is 0.000000845. The summed E-state index contributed by atoms with van der Waals surface area (Å²) in [7, 11) is 0. The fourth-order valence-corrected chi connectivity index (χ4v) is 1.81. The third kappa shape index (κ3) is 2.00. The van der Waals surface area contributed by atoms with E-state index >= 15 is 0 Å². The summed E-state index contributed by atoms with van der Waals surface area (Å²) in [6, 6.07) is 7.79. The normalized spacial score (nSPS) is 18.9. The topological polar surface area (TPSA) is 37.3 Å². The minimum atomic E-state index is -0.694. The van der Waals surface area contributed by atoms with Gasteiger partial charge in [0.15, 0.2) is 0 Å². The molecule has 2 nitrogen and oxygen atoms in total. The minimum Gasteiger partial charge on any atom is -0.481 e. The summed E-state index contributed by atoms with van der Waals surface area (Å²) in [5, 5.41) is 8.86. The summed E-state index contributed by atoms with van der Waals surface area (Å²) in [6.07, 6.45) is 1.67. The van der Waals surface area contributed by atoms with Gasteiger partial charge in [0.1, 0.15) is 0 Å². The van der Waals surface area contributed by atoms with Crippen LogP contribution in [0, 0.1) is 0 Å². The van der Waals surface area contributed by atoms with Crippen molar-refractivity contribution in [2.75, 3.05) is 0 Å². The fourth-order valence-electron chi connectivity index (χ4n) is 1.81. The Hall–Kier alpha value is -0.206. The van der Waals surface area contributed by atoms with Gasteiger partial charge in [-0.3, -0.25) is 4.79 Å². The number of hydrogen-bond donors (Lipinski definition) is 1. The van der Waals surface area contributed by atoms with Crippen LogP contribution in [-0.2, 0) is 43.9 Å². The van der Waals surface area contributed by atoms with Crippen LogP contribution in [0.1, 0.15) is 23.5 Å². The van der Waals surface area contributed by atoms with Gasteiger partial charge in [-0.05, 0) is 24.0 Å². The number of aryl methyl sites for hydroxylation is 1. The Labute approximate surface area is 102 Å². The van der Waals surface area contributed by atoms with Gasteiger partial charge in [0.25, 0.3) is 0 Å². The van der Waals surface area contributed by atoms with Crippen LogP contribution >= 0.6 is 0 Å². The predicted molar refractivity (Wildman–Crippen MR) is 45.1 cm³/mol. The Morgan fingerprint density at radius 2 is 2.08 bits per heavy atom. The molecule has 0 fully saturated rings. The zero-order chi connectivity index (χ0) is 8.55. The van der Waals surface area contributed by atoms with Crippen molar-refractivity contribution in [3.8, 4) is 0 Å². The second-order valence-corrected chi connectivity index (χ2v) is 3.13. The van der Waals surface area contributed by atoms with Gasteiger partial charge in [-0.1, -0.05) is 24.3 Å². The molecule has 1 aromatic rings. The Morgan fingerprint density at radius 3 is 2.77 bits per heavy atom. The quantitative estimate of drug-likeness (QED) is 0.826. The minimum absolute atomic E-state index is 0. The van der Waals surface area contributed by atoms with Crippen molar-refractivity contribution in [2.24, 2.45) is 0 Å². The molecular formula is C10H10O2Y. The monoisotopic (exact) mass is 251 g/mol. The van der Waals surface area contributed by atoms with E-state index in [-0.39, 0.29) is 38.6 Å². The first-order valence-corrected chi connectivity index (χ1v) is 4.09. The van der Waals surface area contributed by atoms with Crippen LogP contribution in [0.25, 0.3) is 0 Å². The maximum Gasteiger partial charge on any atom is 0.310 e. The molecule has 0 saturated carbocycles. The molecule has 1 atom stereocenters. The average molecular weight is 251 g/mol. The van der Waals surface area contributed by atoms with Crippen molar-refractivity contribution in [3.63, 3.8) is 0 Å². The van der Waals surface area contributed by atoms with Gasteiger partial charge in [0.2, 0.25) is 0 Å². The molecule has 0 aliphatic heterocycles. The number of benzene rings is 1. The van der Waals surface area contributed by atoms with E-state index in [1.165, 1.54) is 5.56 Å². The van der Waals surface area contributed by atoms with E-state index in [2.05, 4.69) is 0 Å². The summed E-state index contributed by atoms with van der Waals surface area (Å²) >= 11 is 0. The summed E-state index contributed by atoms with van der Waals surface area (Å²) < 4.78 is 0. The molecule has 0 saturated heterocycles. The number of carbonyl (C=O) groups is 1. The molecule has 65 valence electrons. The van der Waals surface area contributed by atoms with Crippen LogP contribution in [0.2, 0.25) is 0 Å². The van der Waals surface area contributed by atoms with Gasteiger partial charge in [-0.2, -0.15) is 0 Å². The maximum atomic E-state index is 10.8. The second kappa shape index (κ2) is 4.34. The van der Waals surface area contributed by atoms with Crippen molar-refractivity contribution in [3.05, 3.63) is 35.4 Å².